The van der Waals surface area contributed by atoms with Crippen molar-refractivity contribution in [2.45, 2.75) is 6.92 Å². The second-order valence-corrected chi connectivity index (χ2v) is 3.52. The van der Waals surface area contributed by atoms with E-state index in [0.717, 1.165) is 6.20 Å². The van der Waals surface area contributed by atoms with Crippen LogP contribution in [0.3, 0.4) is 0 Å². The maximum absolute atomic E-state index is 11.7. The Labute approximate surface area is 104 Å². The SMILES string of the molecule is CCNC(=S)N(C)NC(=O)c1c[n+]([O-])ccn1. The van der Waals surface area contributed by atoms with E-state index in [0.29, 0.717) is 16.4 Å². The van der Waals surface area contributed by atoms with Crippen LogP contribution in [0.25, 0.3) is 0 Å². The first-order valence-corrected chi connectivity index (χ1v) is 5.32. The van der Waals surface area contributed by atoms with E-state index < -0.39 is 5.91 Å². The molecule has 2 N–H and O–H groups in total. The van der Waals surface area contributed by atoms with Gasteiger partial charge in [-0.2, -0.15) is 4.73 Å². The molecule has 0 fully saturated rings. The van der Waals surface area contributed by atoms with Gasteiger partial charge in [0.2, 0.25) is 6.20 Å². The van der Waals surface area contributed by atoms with Gasteiger partial charge in [-0.15, -0.1) is 0 Å². The lowest BCUT2D eigenvalue weighted by Gasteiger charge is -2.20. The highest BCUT2D eigenvalue weighted by atomic mass is 32.1. The first kappa shape index (κ1) is 13.1. The first-order chi connectivity index (χ1) is 8.04. The van der Waals surface area contributed by atoms with Crippen LogP contribution in [-0.2, 0) is 0 Å². The number of amides is 1. The van der Waals surface area contributed by atoms with E-state index in [9.17, 15) is 10.0 Å². The fraction of sp³-hybridized carbons (Fsp3) is 0.333. The molecule has 17 heavy (non-hydrogen) atoms. The summed E-state index contributed by atoms with van der Waals surface area (Å²) >= 11 is 4.98. The van der Waals surface area contributed by atoms with Crippen molar-refractivity contribution in [1.29, 1.82) is 0 Å². The molecule has 0 radical (unpaired) electrons. The van der Waals surface area contributed by atoms with Gasteiger partial charge in [0.1, 0.15) is 0 Å². The molecule has 0 bridgehead atoms. The number of hydrogen-bond acceptors (Lipinski definition) is 4. The third-order valence-electron chi connectivity index (χ3n) is 1.81. The van der Waals surface area contributed by atoms with Crippen molar-refractivity contribution in [3.05, 3.63) is 29.5 Å². The molecule has 7 nitrogen and oxygen atoms in total. The van der Waals surface area contributed by atoms with Crippen LogP contribution >= 0.6 is 12.2 Å². The number of nitrogens with zero attached hydrogens (tertiary/aromatic N) is 3. The number of rotatable bonds is 2. The quantitative estimate of drug-likeness (QED) is 0.311. The molecule has 0 saturated heterocycles. The molecule has 1 heterocycles. The van der Waals surface area contributed by atoms with Gasteiger partial charge in [-0.05, 0) is 19.1 Å². The zero-order valence-corrected chi connectivity index (χ0v) is 10.3. The van der Waals surface area contributed by atoms with Crippen LogP contribution in [0.2, 0.25) is 0 Å². The molecule has 8 heteroatoms. The number of thiocarbonyl (C=S) groups is 1. The maximum atomic E-state index is 11.7. The van der Waals surface area contributed by atoms with E-state index in [1.807, 2.05) is 6.92 Å². The Kier molecular flexibility index (Phi) is 4.58. The van der Waals surface area contributed by atoms with Gasteiger partial charge in [-0.3, -0.25) is 15.2 Å². The molecule has 0 aliphatic rings. The van der Waals surface area contributed by atoms with Gasteiger partial charge in [0.05, 0.1) is 6.20 Å². The van der Waals surface area contributed by atoms with Crippen LogP contribution in [0.15, 0.2) is 18.6 Å². The molecule has 1 rings (SSSR count). The Morgan fingerprint density at radius 3 is 3.00 bits per heavy atom. The highest BCUT2D eigenvalue weighted by Gasteiger charge is 2.13. The van der Waals surface area contributed by atoms with Crippen molar-refractivity contribution in [3.63, 3.8) is 0 Å². The molecule has 0 aliphatic carbocycles. The molecule has 92 valence electrons. The summed E-state index contributed by atoms with van der Waals surface area (Å²) in [6.45, 7) is 2.55. The van der Waals surface area contributed by atoms with Gasteiger partial charge in [0.25, 0.3) is 5.91 Å². The Morgan fingerprint density at radius 1 is 1.71 bits per heavy atom. The lowest BCUT2D eigenvalue weighted by Crippen LogP contribution is -2.48. The molecule has 0 aliphatic heterocycles. The average molecular weight is 255 g/mol. The molecule has 1 aromatic rings. The molecule has 0 aromatic carbocycles. The van der Waals surface area contributed by atoms with Crippen LogP contribution in [0.1, 0.15) is 17.4 Å². The van der Waals surface area contributed by atoms with E-state index in [-0.39, 0.29) is 5.69 Å². The van der Waals surface area contributed by atoms with Crippen molar-refractivity contribution >= 4 is 23.2 Å². The second kappa shape index (κ2) is 5.94. The van der Waals surface area contributed by atoms with E-state index in [1.54, 1.807) is 7.05 Å². The fourth-order valence-corrected chi connectivity index (χ4v) is 1.21. The minimum absolute atomic E-state index is 0.0219. The standard InChI is InChI=1S/C9H13N5O2S/c1-3-10-9(17)13(2)12-8(15)7-6-14(16)5-4-11-7/h4-6H,3H2,1-2H3,(H,10,17)(H,12,15). The van der Waals surface area contributed by atoms with Crippen LogP contribution in [0.5, 0.6) is 0 Å². The van der Waals surface area contributed by atoms with Crippen LogP contribution in [0, 0.1) is 5.21 Å². The van der Waals surface area contributed by atoms with Crippen molar-refractivity contribution in [2.24, 2.45) is 0 Å². The molecule has 1 aromatic heterocycles. The average Bonchev–Trinajstić information content (AvgIpc) is 2.29. The minimum atomic E-state index is -0.502. The Morgan fingerprint density at radius 2 is 2.41 bits per heavy atom. The number of hydrazine groups is 1. The smallest absolute Gasteiger partial charge is 0.294 e. The van der Waals surface area contributed by atoms with E-state index >= 15 is 0 Å². The zero-order chi connectivity index (χ0) is 12.8. The molecule has 0 unspecified atom stereocenters. The van der Waals surface area contributed by atoms with Crippen LogP contribution in [0.4, 0.5) is 0 Å². The topological polar surface area (TPSA) is 84.2 Å². The highest BCUT2D eigenvalue weighted by molar-refractivity contribution is 7.80. The van der Waals surface area contributed by atoms with E-state index in [2.05, 4.69) is 15.7 Å². The summed E-state index contributed by atoms with van der Waals surface area (Å²) in [5.74, 6) is -0.502. The second-order valence-electron chi connectivity index (χ2n) is 3.14. The number of nitrogens with one attached hydrogen (secondary N) is 2. The summed E-state index contributed by atoms with van der Waals surface area (Å²) in [6.07, 6.45) is 3.54. The highest BCUT2D eigenvalue weighted by Crippen LogP contribution is 1.90. The van der Waals surface area contributed by atoms with Crippen molar-refractivity contribution in [1.82, 2.24) is 20.7 Å². The number of carbonyl (C=O) groups is 1. The molecule has 0 spiro atoms. The van der Waals surface area contributed by atoms with Gasteiger partial charge in [-0.25, -0.2) is 4.98 Å². The summed E-state index contributed by atoms with van der Waals surface area (Å²) in [5, 5.41) is 15.6. The van der Waals surface area contributed by atoms with Gasteiger partial charge in [-0.1, -0.05) is 0 Å². The summed E-state index contributed by atoms with van der Waals surface area (Å²) in [4.78, 5) is 15.4. The number of carbonyl (C=O) groups excluding carboxylic acids is 1. The maximum Gasteiger partial charge on any atom is 0.294 e. The lowest BCUT2D eigenvalue weighted by molar-refractivity contribution is -0.606. The van der Waals surface area contributed by atoms with Gasteiger partial charge >= 0.3 is 0 Å². The Balaban J connectivity index is 2.63. The van der Waals surface area contributed by atoms with Gasteiger partial charge in [0, 0.05) is 13.6 Å². The van der Waals surface area contributed by atoms with Crippen LogP contribution < -0.4 is 15.5 Å². The molecular weight excluding hydrogens is 242 g/mol. The summed E-state index contributed by atoms with van der Waals surface area (Å²) in [7, 11) is 1.59. The van der Waals surface area contributed by atoms with E-state index in [4.69, 9.17) is 12.2 Å². The predicted octanol–water partition coefficient (Wildman–Crippen LogP) is -0.814. The molecule has 0 saturated carbocycles. The first-order valence-electron chi connectivity index (χ1n) is 4.92. The monoisotopic (exact) mass is 255 g/mol. The van der Waals surface area contributed by atoms with Crippen LogP contribution in [-0.4, -0.2) is 34.6 Å². The van der Waals surface area contributed by atoms with Crippen molar-refractivity contribution in [2.75, 3.05) is 13.6 Å². The largest absolute Gasteiger partial charge is 0.619 e. The normalized spacial score (nSPS) is 9.53. The third-order valence-corrected chi connectivity index (χ3v) is 2.23. The molecule has 1 amide bonds. The Bertz CT molecular complexity index is 426. The third kappa shape index (κ3) is 3.83. The van der Waals surface area contributed by atoms with Gasteiger partial charge in [0.15, 0.2) is 17.0 Å². The zero-order valence-electron chi connectivity index (χ0n) is 9.51. The fourth-order valence-electron chi connectivity index (χ4n) is 1.02. The summed E-state index contributed by atoms with van der Waals surface area (Å²) < 4.78 is 0.504. The molecule has 0 atom stereocenters. The lowest BCUT2D eigenvalue weighted by atomic mass is 10.4. The minimum Gasteiger partial charge on any atom is -0.619 e. The summed E-state index contributed by atoms with van der Waals surface area (Å²) in [5.41, 5.74) is 2.51. The Hall–Kier alpha value is -1.96. The molecular formula is C9H13N5O2S. The van der Waals surface area contributed by atoms with Crippen molar-refractivity contribution < 1.29 is 9.52 Å². The number of aromatic nitrogens is 2. The van der Waals surface area contributed by atoms with Crippen molar-refractivity contribution in [3.8, 4) is 0 Å². The van der Waals surface area contributed by atoms with Gasteiger partial charge < -0.3 is 10.5 Å². The van der Waals surface area contributed by atoms with E-state index in [1.165, 1.54) is 17.4 Å². The summed E-state index contributed by atoms with van der Waals surface area (Å²) in [6, 6.07) is 0. The number of hydrogen-bond donors (Lipinski definition) is 2. The predicted molar refractivity (Wildman–Crippen MR) is 64.7 cm³/mol.